The molecule has 1 aromatic rings. The number of thiophene rings is 1. The minimum Gasteiger partial charge on any atom is -0.299 e. The Morgan fingerprint density at radius 3 is 2.71 bits per heavy atom. The smallest absolute Gasteiger partial charge is 0.212 e. The van der Waals surface area contributed by atoms with Gasteiger partial charge in [0.2, 0.25) is 10.0 Å². The summed E-state index contributed by atoms with van der Waals surface area (Å²) in [6.07, 6.45) is 2.23. The predicted molar refractivity (Wildman–Crippen MR) is 83.5 cm³/mol. The molecule has 116 valence electrons. The van der Waals surface area contributed by atoms with Gasteiger partial charge in [-0.3, -0.25) is 4.79 Å². The van der Waals surface area contributed by atoms with Gasteiger partial charge >= 0.3 is 0 Å². The van der Waals surface area contributed by atoms with E-state index in [2.05, 4.69) is 18.6 Å². The molecule has 2 aliphatic carbocycles. The quantitative estimate of drug-likeness (QED) is 0.904. The number of hydrogen-bond donors (Lipinski definition) is 1. The monoisotopic (exact) mass is 327 g/mol. The van der Waals surface area contributed by atoms with Crippen molar-refractivity contribution in [1.82, 2.24) is 4.72 Å². The van der Waals surface area contributed by atoms with Crippen LogP contribution in [0.25, 0.3) is 0 Å². The maximum atomic E-state index is 12.4. The lowest BCUT2D eigenvalue weighted by Gasteiger charge is -2.36. The zero-order valence-electron chi connectivity index (χ0n) is 12.4. The number of ketones is 1. The molecule has 6 heteroatoms. The zero-order valence-corrected chi connectivity index (χ0v) is 14.0. The third kappa shape index (κ3) is 2.37. The van der Waals surface area contributed by atoms with E-state index in [1.54, 1.807) is 0 Å². The average Bonchev–Trinajstić information content (AvgIpc) is 3.02. The Morgan fingerprint density at radius 2 is 2.19 bits per heavy atom. The van der Waals surface area contributed by atoms with Crippen LogP contribution in [0.2, 0.25) is 0 Å². The van der Waals surface area contributed by atoms with Gasteiger partial charge in [-0.15, -0.1) is 11.3 Å². The first-order chi connectivity index (χ1) is 9.77. The first-order valence-corrected chi connectivity index (χ1v) is 9.83. The molecular weight excluding hydrogens is 306 g/mol. The Hall–Kier alpha value is -0.720. The number of nitrogens with one attached hydrogen (secondary N) is 1. The van der Waals surface area contributed by atoms with E-state index in [-0.39, 0.29) is 17.0 Å². The molecule has 1 heterocycles. The van der Waals surface area contributed by atoms with Crippen LogP contribution in [0, 0.1) is 16.7 Å². The normalized spacial score (nSPS) is 31.0. The Labute approximate surface area is 130 Å². The standard InChI is InChI=1S/C15H21NO3S2/c1-14(2)11-5-6-15(14,13(17)8-11)10-21(18,19)16-9-12-4-3-7-20-12/h3-4,7,11,16H,5-6,8-10H2,1-2H3/t11-,15?/m0/s1. The number of rotatable bonds is 5. The molecule has 2 aliphatic rings. The zero-order chi connectivity index (χ0) is 15.3. The van der Waals surface area contributed by atoms with Crippen molar-refractivity contribution in [3.63, 3.8) is 0 Å². The third-order valence-electron chi connectivity index (χ3n) is 5.62. The lowest BCUT2D eigenvalue weighted by Crippen LogP contribution is -2.45. The molecule has 0 saturated heterocycles. The fraction of sp³-hybridized carbons (Fsp3) is 0.667. The van der Waals surface area contributed by atoms with Crippen molar-refractivity contribution >= 4 is 27.1 Å². The molecule has 1 unspecified atom stereocenters. The van der Waals surface area contributed by atoms with Crippen molar-refractivity contribution in [3.05, 3.63) is 22.4 Å². The van der Waals surface area contributed by atoms with E-state index in [0.717, 1.165) is 11.3 Å². The van der Waals surface area contributed by atoms with E-state index in [1.165, 1.54) is 11.3 Å². The molecule has 1 N–H and O–H groups in total. The van der Waals surface area contributed by atoms with Crippen molar-refractivity contribution in [2.45, 2.75) is 39.7 Å². The second-order valence-electron chi connectivity index (χ2n) is 6.83. The van der Waals surface area contributed by atoms with E-state index >= 15 is 0 Å². The summed E-state index contributed by atoms with van der Waals surface area (Å²) in [5, 5.41) is 1.92. The molecule has 1 aromatic heterocycles. The third-order valence-corrected chi connectivity index (χ3v) is 7.96. The molecule has 0 aliphatic heterocycles. The van der Waals surface area contributed by atoms with Crippen molar-refractivity contribution in [2.24, 2.45) is 16.7 Å². The molecule has 3 rings (SSSR count). The fourth-order valence-electron chi connectivity index (χ4n) is 4.08. The Balaban J connectivity index is 1.77. The molecule has 0 aromatic carbocycles. The fourth-order valence-corrected chi connectivity index (χ4v) is 6.62. The molecular formula is C15H21NO3S2. The number of carbonyl (C=O) groups excluding carboxylic acids is 1. The number of sulfonamides is 1. The summed E-state index contributed by atoms with van der Waals surface area (Å²) in [7, 11) is -3.45. The summed E-state index contributed by atoms with van der Waals surface area (Å²) in [6.45, 7) is 4.43. The summed E-state index contributed by atoms with van der Waals surface area (Å²) in [6, 6.07) is 3.81. The molecule has 0 spiro atoms. The van der Waals surface area contributed by atoms with Gasteiger partial charge in [-0.1, -0.05) is 19.9 Å². The Morgan fingerprint density at radius 1 is 1.43 bits per heavy atom. The average molecular weight is 327 g/mol. The van der Waals surface area contributed by atoms with Crippen LogP contribution in [0.5, 0.6) is 0 Å². The molecule has 0 amide bonds. The van der Waals surface area contributed by atoms with E-state index in [0.29, 0.717) is 25.3 Å². The Kier molecular flexibility index (Phi) is 3.54. The first-order valence-electron chi connectivity index (χ1n) is 7.30. The highest BCUT2D eigenvalue weighted by molar-refractivity contribution is 7.89. The second-order valence-corrected chi connectivity index (χ2v) is 9.67. The van der Waals surface area contributed by atoms with Crippen molar-refractivity contribution in [2.75, 3.05) is 5.75 Å². The van der Waals surface area contributed by atoms with Crippen LogP contribution < -0.4 is 4.72 Å². The van der Waals surface area contributed by atoms with Crippen LogP contribution in [-0.4, -0.2) is 20.0 Å². The second kappa shape index (κ2) is 4.89. The lowest BCUT2D eigenvalue weighted by atomic mass is 9.70. The van der Waals surface area contributed by atoms with Gasteiger partial charge in [-0.2, -0.15) is 0 Å². The summed E-state index contributed by atoms with van der Waals surface area (Å²) in [4.78, 5) is 13.4. The number of Topliss-reactive ketones (excluding diaryl/α,β-unsaturated/α-hetero) is 1. The molecule has 2 atom stereocenters. The van der Waals surface area contributed by atoms with Crippen molar-refractivity contribution in [3.8, 4) is 0 Å². The van der Waals surface area contributed by atoms with Gasteiger partial charge in [0, 0.05) is 23.3 Å². The SMILES string of the molecule is CC1(C)[C@H]2CCC1(CS(=O)(=O)NCc1cccs1)C(=O)C2. The van der Waals surface area contributed by atoms with Crippen LogP contribution in [0.1, 0.15) is 38.0 Å². The number of hydrogen-bond acceptors (Lipinski definition) is 4. The van der Waals surface area contributed by atoms with Crippen LogP contribution in [0.15, 0.2) is 17.5 Å². The largest absolute Gasteiger partial charge is 0.299 e. The van der Waals surface area contributed by atoms with Gasteiger partial charge in [0.15, 0.2) is 0 Å². The first kappa shape index (κ1) is 15.2. The highest BCUT2D eigenvalue weighted by atomic mass is 32.2. The highest BCUT2D eigenvalue weighted by Gasteiger charge is 2.65. The lowest BCUT2D eigenvalue weighted by molar-refractivity contribution is -0.128. The number of fused-ring (bicyclic) bond motifs is 2. The summed E-state index contributed by atoms with van der Waals surface area (Å²) in [5.41, 5.74) is -0.888. The molecule has 2 bridgehead atoms. The van der Waals surface area contributed by atoms with Gasteiger partial charge in [-0.05, 0) is 35.6 Å². The van der Waals surface area contributed by atoms with Gasteiger partial charge in [0.1, 0.15) is 5.78 Å². The number of carbonyl (C=O) groups is 1. The van der Waals surface area contributed by atoms with Crippen LogP contribution in [0.4, 0.5) is 0 Å². The molecule has 2 fully saturated rings. The van der Waals surface area contributed by atoms with Gasteiger partial charge in [-0.25, -0.2) is 13.1 Å². The topological polar surface area (TPSA) is 63.2 Å². The minimum absolute atomic E-state index is 0.0618. The van der Waals surface area contributed by atoms with Gasteiger partial charge in [0.05, 0.1) is 5.75 Å². The van der Waals surface area contributed by atoms with E-state index in [4.69, 9.17) is 0 Å². The Bertz CT molecular complexity index is 648. The van der Waals surface area contributed by atoms with Gasteiger partial charge < -0.3 is 0 Å². The van der Waals surface area contributed by atoms with Crippen molar-refractivity contribution in [1.29, 1.82) is 0 Å². The van der Waals surface area contributed by atoms with E-state index < -0.39 is 15.4 Å². The highest BCUT2D eigenvalue weighted by Crippen LogP contribution is 2.64. The van der Waals surface area contributed by atoms with E-state index in [9.17, 15) is 13.2 Å². The van der Waals surface area contributed by atoms with E-state index in [1.807, 2.05) is 17.5 Å². The molecule has 4 nitrogen and oxygen atoms in total. The summed E-state index contributed by atoms with van der Waals surface area (Å²) >= 11 is 1.53. The van der Waals surface area contributed by atoms with Crippen LogP contribution in [0.3, 0.4) is 0 Å². The molecule has 21 heavy (non-hydrogen) atoms. The maximum absolute atomic E-state index is 12.4. The summed E-state index contributed by atoms with van der Waals surface area (Å²) in [5.74, 6) is 0.427. The van der Waals surface area contributed by atoms with Crippen LogP contribution >= 0.6 is 11.3 Å². The van der Waals surface area contributed by atoms with Crippen molar-refractivity contribution < 1.29 is 13.2 Å². The predicted octanol–water partition coefficient (Wildman–Crippen LogP) is 2.56. The minimum atomic E-state index is -3.45. The molecule has 0 radical (unpaired) electrons. The molecule has 2 saturated carbocycles. The van der Waals surface area contributed by atoms with Gasteiger partial charge in [0.25, 0.3) is 0 Å². The maximum Gasteiger partial charge on any atom is 0.212 e. The van der Waals surface area contributed by atoms with Crippen LogP contribution in [-0.2, 0) is 21.4 Å². The summed E-state index contributed by atoms with van der Waals surface area (Å²) < 4.78 is 27.5.